The number of amides is 2. The molecule has 4 rings (SSSR count). The standard InChI is InChI=1S/C25H20N2O3/c28-24(15-12-20-7-3-6-19-5-1-2-8-22(19)20)26-17-18-10-13-21(14-11-18)27-25(29)23-9-4-16-30-23/h1-16H,17H2,(H,26,28)(H,27,29)/b15-12+. The van der Waals surface area contributed by atoms with E-state index in [1.165, 1.54) is 6.26 Å². The summed E-state index contributed by atoms with van der Waals surface area (Å²) in [6.45, 7) is 0.394. The smallest absolute Gasteiger partial charge is 0.291 e. The Morgan fingerprint density at radius 2 is 1.67 bits per heavy atom. The largest absolute Gasteiger partial charge is 0.459 e. The molecule has 0 saturated heterocycles. The van der Waals surface area contributed by atoms with Gasteiger partial charge in [0.1, 0.15) is 0 Å². The molecule has 0 spiro atoms. The van der Waals surface area contributed by atoms with E-state index in [0.717, 1.165) is 21.9 Å². The number of benzene rings is 3. The highest BCUT2D eigenvalue weighted by atomic mass is 16.3. The Hall–Kier alpha value is -4.12. The van der Waals surface area contributed by atoms with Gasteiger partial charge in [0.15, 0.2) is 5.76 Å². The maximum absolute atomic E-state index is 12.2. The third kappa shape index (κ3) is 4.64. The summed E-state index contributed by atoms with van der Waals surface area (Å²) in [5.41, 5.74) is 2.58. The fraction of sp³-hybridized carbons (Fsp3) is 0.0400. The quantitative estimate of drug-likeness (QED) is 0.450. The van der Waals surface area contributed by atoms with Crippen LogP contribution in [0.25, 0.3) is 16.8 Å². The van der Waals surface area contributed by atoms with Crippen molar-refractivity contribution >= 4 is 34.4 Å². The van der Waals surface area contributed by atoms with Gasteiger partial charge in [-0.15, -0.1) is 0 Å². The van der Waals surface area contributed by atoms with Gasteiger partial charge < -0.3 is 15.1 Å². The van der Waals surface area contributed by atoms with Crippen LogP contribution in [0, 0.1) is 0 Å². The Kier molecular flexibility index (Phi) is 5.71. The zero-order chi connectivity index (χ0) is 20.8. The number of furan rings is 1. The maximum atomic E-state index is 12.2. The van der Waals surface area contributed by atoms with Gasteiger partial charge in [-0.05, 0) is 52.2 Å². The van der Waals surface area contributed by atoms with E-state index in [9.17, 15) is 9.59 Å². The molecule has 0 radical (unpaired) electrons. The van der Waals surface area contributed by atoms with Crippen molar-refractivity contribution in [2.45, 2.75) is 6.54 Å². The molecule has 0 unspecified atom stereocenters. The Labute approximate surface area is 174 Å². The summed E-state index contributed by atoms with van der Waals surface area (Å²) in [6.07, 6.45) is 4.82. The van der Waals surface area contributed by atoms with Gasteiger partial charge in [0, 0.05) is 18.3 Å². The molecular weight excluding hydrogens is 376 g/mol. The first-order chi connectivity index (χ1) is 14.7. The van der Waals surface area contributed by atoms with Crippen molar-refractivity contribution in [2.24, 2.45) is 0 Å². The van der Waals surface area contributed by atoms with Gasteiger partial charge in [0.05, 0.1) is 6.26 Å². The number of hydrogen-bond acceptors (Lipinski definition) is 3. The minimum atomic E-state index is -0.306. The van der Waals surface area contributed by atoms with Crippen LogP contribution in [0.2, 0.25) is 0 Å². The van der Waals surface area contributed by atoms with Crippen molar-refractivity contribution < 1.29 is 14.0 Å². The van der Waals surface area contributed by atoms with Crippen LogP contribution in [0.15, 0.2) is 95.6 Å². The van der Waals surface area contributed by atoms with Gasteiger partial charge in [-0.3, -0.25) is 9.59 Å². The SMILES string of the molecule is O=C(/C=C/c1cccc2ccccc12)NCc1ccc(NC(=O)c2ccco2)cc1. The molecule has 4 aromatic rings. The zero-order valence-corrected chi connectivity index (χ0v) is 16.2. The molecule has 3 aromatic carbocycles. The van der Waals surface area contributed by atoms with Gasteiger partial charge in [-0.25, -0.2) is 0 Å². The summed E-state index contributed by atoms with van der Waals surface area (Å²) in [6, 6.07) is 24.6. The first-order valence-electron chi connectivity index (χ1n) is 9.56. The van der Waals surface area contributed by atoms with Crippen LogP contribution in [-0.4, -0.2) is 11.8 Å². The molecule has 1 aromatic heterocycles. The lowest BCUT2D eigenvalue weighted by molar-refractivity contribution is -0.116. The highest BCUT2D eigenvalue weighted by Gasteiger charge is 2.08. The first kappa shape index (κ1) is 19.2. The molecule has 5 nitrogen and oxygen atoms in total. The molecule has 5 heteroatoms. The molecule has 0 aliphatic carbocycles. The number of fused-ring (bicyclic) bond motifs is 1. The van der Waals surface area contributed by atoms with Crippen molar-refractivity contribution in [1.82, 2.24) is 5.32 Å². The van der Waals surface area contributed by atoms with Crippen LogP contribution in [-0.2, 0) is 11.3 Å². The summed E-state index contributed by atoms with van der Waals surface area (Å²) < 4.78 is 5.07. The molecule has 0 fully saturated rings. The minimum absolute atomic E-state index is 0.168. The summed E-state index contributed by atoms with van der Waals surface area (Å²) >= 11 is 0. The highest BCUT2D eigenvalue weighted by Crippen LogP contribution is 2.19. The number of anilines is 1. The molecule has 0 bridgehead atoms. The molecule has 30 heavy (non-hydrogen) atoms. The van der Waals surface area contributed by atoms with Gasteiger partial charge in [-0.1, -0.05) is 54.6 Å². The van der Waals surface area contributed by atoms with Crippen LogP contribution in [0.3, 0.4) is 0 Å². The number of carbonyl (C=O) groups excluding carboxylic acids is 2. The summed E-state index contributed by atoms with van der Waals surface area (Å²) in [5, 5.41) is 7.88. The average molecular weight is 396 g/mol. The van der Waals surface area contributed by atoms with Crippen molar-refractivity contribution in [3.05, 3.63) is 108 Å². The molecule has 0 atom stereocenters. The molecular formula is C25H20N2O3. The van der Waals surface area contributed by atoms with E-state index in [2.05, 4.69) is 10.6 Å². The van der Waals surface area contributed by atoms with Gasteiger partial charge >= 0.3 is 0 Å². The van der Waals surface area contributed by atoms with Gasteiger partial charge in [-0.2, -0.15) is 0 Å². The number of carbonyl (C=O) groups is 2. The Morgan fingerprint density at radius 1 is 0.867 bits per heavy atom. The van der Waals surface area contributed by atoms with Crippen LogP contribution < -0.4 is 10.6 Å². The topological polar surface area (TPSA) is 71.3 Å². The molecule has 2 amide bonds. The van der Waals surface area contributed by atoms with E-state index in [0.29, 0.717) is 12.2 Å². The Balaban J connectivity index is 1.32. The lowest BCUT2D eigenvalue weighted by Crippen LogP contribution is -2.20. The van der Waals surface area contributed by atoms with Crippen LogP contribution in [0.4, 0.5) is 5.69 Å². The van der Waals surface area contributed by atoms with E-state index in [1.54, 1.807) is 30.3 Å². The molecule has 1 heterocycles. The summed E-state index contributed by atoms with van der Waals surface area (Å²) in [7, 11) is 0. The highest BCUT2D eigenvalue weighted by molar-refractivity contribution is 6.02. The monoisotopic (exact) mass is 396 g/mol. The van der Waals surface area contributed by atoms with E-state index in [-0.39, 0.29) is 17.6 Å². The molecule has 0 saturated carbocycles. The zero-order valence-electron chi connectivity index (χ0n) is 16.2. The molecule has 0 aliphatic heterocycles. The number of nitrogens with one attached hydrogen (secondary N) is 2. The van der Waals surface area contributed by atoms with Gasteiger partial charge in [0.2, 0.25) is 5.91 Å². The second-order valence-electron chi connectivity index (χ2n) is 6.75. The van der Waals surface area contributed by atoms with Gasteiger partial charge in [0.25, 0.3) is 5.91 Å². The number of rotatable bonds is 6. The Bertz CT molecular complexity index is 1190. The maximum Gasteiger partial charge on any atom is 0.291 e. The predicted octanol–water partition coefficient (Wildman–Crippen LogP) is 5.01. The minimum Gasteiger partial charge on any atom is -0.459 e. The molecule has 0 aliphatic rings. The van der Waals surface area contributed by atoms with E-state index >= 15 is 0 Å². The van der Waals surface area contributed by atoms with Crippen molar-refractivity contribution in [3.8, 4) is 0 Å². The van der Waals surface area contributed by atoms with E-state index in [1.807, 2.05) is 60.7 Å². The lowest BCUT2D eigenvalue weighted by Gasteiger charge is -2.06. The first-order valence-corrected chi connectivity index (χ1v) is 9.56. The van der Waals surface area contributed by atoms with Crippen molar-refractivity contribution in [3.63, 3.8) is 0 Å². The van der Waals surface area contributed by atoms with Crippen molar-refractivity contribution in [1.29, 1.82) is 0 Å². The summed E-state index contributed by atoms with van der Waals surface area (Å²) in [5.74, 6) is -0.220. The fourth-order valence-corrected chi connectivity index (χ4v) is 3.12. The van der Waals surface area contributed by atoms with Crippen LogP contribution >= 0.6 is 0 Å². The second kappa shape index (κ2) is 8.92. The molecule has 2 N–H and O–H groups in total. The van der Waals surface area contributed by atoms with Crippen molar-refractivity contribution in [2.75, 3.05) is 5.32 Å². The van der Waals surface area contributed by atoms with Crippen LogP contribution in [0.1, 0.15) is 21.7 Å². The predicted molar refractivity (Wildman–Crippen MR) is 118 cm³/mol. The normalized spacial score (nSPS) is 10.9. The van der Waals surface area contributed by atoms with Crippen LogP contribution in [0.5, 0.6) is 0 Å². The van der Waals surface area contributed by atoms with E-state index in [4.69, 9.17) is 4.42 Å². The second-order valence-corrected chi connectivity index (χ2v) is 6.75. The summed E-state index contributed by atoms with van der Waals surface area (Å²) in [4.78, 5) is 24.2. The third-order valence-electron chi connectivity index (χ3n) is 4.66. The third-order valence-corrected chi connectivity index (χ3v) is 4.66. The fourth-order valence-electron chi connectivity index (χ4n) is 3.12. The number of hydrogen-bond donors (Lipinski definition) is 2. The lowest BCUT2D eigenvalue weighted by atomic mass is 10.0. The Morgan fingerprint density at radius 3 is 2.47 bits per heavy atom. The molecule has 148 valence electrons. The average Bonchev–Trinajstić information content (AvgIpc) is 3.32. The van der Waals surface area contributed by atoms with E-state index < -0.39 is 0 Å².